The lowest BCUT2D eigenvalue weighted by Gasteiger charge is -2.32. The number of rotatable bonds is 11. The number of imide groups is 1. The van der Waals surface area contributed by atoms with Gasteiger partial charge in [0.05, 0.1) is 16.7 Å². The maximum Gasteiger partial charge on any atom is 0.266 e. The molecule has 0 N–H and O–H groups in total. The average Bonchev–Trinajstić information content (AvgIpc) is 2.82. The maximum absolute atomic E-state index is 15.2. The lowest BCUT2D eigenvalue weighted by Crippen LogP contribution is -2.41. The van der Waals surface area contributed by atoms with E-state index in [1.54, 1.807) is 0 Å². The highest BCUT2D eigenvalue weighted by molar-refractivity contribution is 6.44. The fourth-order valence-electron chi connectivity index (χ4n) is 15.3. The zero-order valence-electron chi connectivity index (χ0n) is 50.0. The summed E-state index contributed by atoms with van der Waals surface area (Å²) in [5.74, 6) is -0.287. The minimum Gasteiger partial charge on any atom is -0.340 e. The number of anilines is 4. The summed E-state index contributed by atoms with van der Waals surface area (Å²) in [4.78, 5) is 34.4. The lowest BCUT2D eigenvalue weighted by molar-refractivity contribution is 0.0893. The van der Waals surface area contributed by atoms with Gasteiger partial charge in [-0.05, 0) is 166 Å². The molecule has 0 atom stereocenters. The summed E-state index contributed by atoms with van der Waals surface area (Å²) in [6, 6.07) is 63.1. The molecule has 0 radical (unpaired) electrons. The van der Waals surface area contributed by atoms with E-state index >= 15 is 9.59 Å². The van der Waals surface area contributed by atoms with Crippen LogP contribution in [0.5, 0.6) is 0 Å². The number of hydrogen-bond acceptors (Lipinski definition) is 3. The molecule has 0 spiro atoms. The first-order valence-electron chi connectivity index (χ1n) is 30.6. The van der Waals surface area contributed by atoms with Gasteiger partial charge < -0.3 is 9.47 Å². The smallest absolute Gasteiger partial charge is 0.266 e. The normalized spacial score (nSPS) is 14.6. The van der Waals surface area contributed by atoms with Crippen LogP contribution < -0.4 is 9.80 Å². The Hall–Kier alpha value is -8.54. The second kappa shape index (κ2) is 19.3. The van der Waals surface area contributed by atoms with E-state index in [4.69, 9.17) is 0 Å². The number of nitrogens with zero attached hydrogens (tertiary/aromatic N) is 3. The maximum atomic E-state index is 15.2. The largest absolute Gasteiger partial charge is 0.340 e. The fourth-order valence-corrected chi connectivity index (χ4v) is 15.3. The second-order valence-electron chi connectivity index (χ2n) is 25.2. The quantitative estimate of drug-likeness (QED) is 0.0561. The van der Waals surface area contributed by atoms with Crippen molar-refractivity contribution in [3.63, 3.8) is 0 Å². The first-order valence-corrected chi connectivity index (χ1v) is 30.6. The molecule has 2 amide bonds. The molecule has 5 heteroatoms. The molecule has 412 valence electrons. The van der Waals surface area contributed by atoms with Crippen molar-refractivity contribution in [1.82, 2.24) is 4.57 Å². The minimum atomic E-state index is -0.259. The van der Waals surface area contributed by atoms with Crippen LogP contribution in [-0.4, -0.2) is 16.4 Å². The Morgan fingerprint density at radius 3 is 1.47 bits per heavy atom. The van der Waals surface area contributed by atoms with Crippen molar-refractivity contribution in [2.24, 2.45) is 0 Å². The molecule has 0 unspecified atom stereocenters. The Balaban J connectivity index is 0.00000304. The number of aryl methyl sites for hydroxylation is 1. The molecule has 2 aliphatic carbocycles. The molecular weight excluding hydrogens is 1010 g/mol. The molecule has 0 saturated heterocycles. The summed E-state index contributed by atoms with van der Waals surface area (Å²) in [6.07, 6.45) is 4.55. The van der Waals surface area contributed by atoms with Crippen molar-refractivity contribution >= 4 is 99.5 Å². The van der Waals surface area contributed by atoms with E-state index in [-0.39, 0.29) is 34.5 Å². The molecule has 0 saturated carbocycles. The number of hydrogen-bond donors (Lipinski definition) is 0. The molecule has 12 aromatic rings. The Morgan fingerprint density at radius 2 is 0.892 bits per heavy atom. The fraction of sp³-hybridized carbons (Fsp3) is 0.256. The number of carbonyl (C=O) groups is 2. The zero-order valence-corrected chi connectivity index (χ0v) is 50.0. The van der Waals surface area contributed by atoms with E-state index in [9.17, 15) is 0 Å². The van der Waals surface area contributed by atoms with Crippen molar-refractivity contribution in [3.8, 4) is 22.3 Å². The molecule has 1 aromatic heterocycles. The molecule has 83 heavy (non-hydrogen) atoms. The lowest BCUT2D eigenvalue weighted by atomic mass is 9.82. The van der Waals surface area contributed by atoms with Gasteiger partial charge in [0.1, 0.15) is 0 Å². The predicted molar refractivity (Wildman–Crippen MR) is 352 cm³/mol. The molecule has 15 rings (SSSR count). The van der Waals surface area contributed by atoms with Gasteiger partial charge in [-0.3, -0.25) is 9.59 Å². The Morgan fingerprint density at radius 1 is 0.410 bits per heavy atom. The number of fused-ring (bicyclic) bond motifs is 12. The number of amides is 2. The monoisotopic (exact) mass is 1080 g/mol. The van der Waals surface area contributed by atoms with Gasteiger partial charge >= 0.3 is 0 Å². The third-order valence-electron chi connectivity index (χ3n) is 19.3. The summed E-state index contributed by atoms with van der Waals surface area (Å²) in [5, 5.41) is 11.1. The summed E-state index contributed by atoms with van der Waals surface area (Å²) < 4.78 is 2.61. The highest BCUT2D eigenvalue weighted by atomic mass is 16.2. The van der Waals surface area contributed by atoms with Crippen molar-refractivity contribution in [2.75, 3.05) is 9.80 Å². The second-order valence-corrected chi connectivity index (χ2v) is 25.2. The third-order valence-corrected chi connectivity index (χ3v) is 19.3. The van der Waals surface area contributed by atoms with Crippen molar-refractivity contribution < 1.29 is 9.59 Å². The Bertz CT molecular complexity index is 4540. The molecule has 3 aliphatic rings. The third kappa shape index (κ3) is 7.45. The first-order chi connectivity index (χ1) is 40.2. The highest BCUT2D eigenvalue weighted by Crippen LogP contribution is 2.55. The van der Waals surface area contributed by atoms with Crippen LogP contribution in [0.25, 0.3) is 87.1 Å². The molecule has 0 bridgehead atoms. The van der Waals surface area contributed by atoms with Crippen LogP contribution in [-0.2, 0) is 17.4 Å². The highest BCUT2D eigenvalue weighted by Gasteiger charge is 2.40. The van der Waals surface area contributed by atoms with E-state index in [0.29, 0.717) is 11.1 Å². The number of carbonyl (C=O) groups excluding carboxylic acids is 2. The number of benzene rings is 11. The van der Waals surface area contributed by atoms with E-state index in [0.717, 1.165) is 92.0 Å². The van der Waals surface area contributed by atoms with E-state index in [1.807, 2.05) is 26.0 Å². The van der Waals surface area contributed by atoms with Gasteiger partial charge in [0.2, 0.25) is 0 Å². The van der Waals surface area contributed by atoms with Crippen LogP contribution in [0, 0.1) is 0 Å². The van der Waals surface area contributed by atoms with E-state index < -0.39 is 0 Å². The minimum absolute atomic E-state index is 0.116. The van der Waals surface area contributed by atoms with Gasteiger partial charge in [0.25, 0.3) is 11.8 Å². The molecule has 0 fully saturated rings. The van der Waals surface area contributed by atoms with Gasteiger partial charge in [-0.15, -0.1) is 0 Å². The number of aromatic nitrogens is 1. The molecule has 2 heterocycles. The van der Waals surface area contributed by atoms with Crippen LogP contribution >= 0.6 is 0 Å². The number of para-hydroxylation sites is 1. The zero-order chi connectivity index (χ0) is 57.5. The van der Waals surface area contributed by atoms with Crippen LogP contribution in [0.4, 0.5) is 22.7 Å². The van der Waals surface area contributed by atoms with Gasteiger partial charge in [-0.25, -0.2) is 4.90 Å². The van der Waals surface area contributed by atoms with Crippen molar-refractivity contribution in [2.45, 2.75) is 131 Å². The number of unbranched alkanes of at least 4 members (excludes halogenated alkanes) is 3. The summed E-state index contributed by atoms with van der Waals surface area (Å²) in [6.45, 7) is 25.2. The summed E-state index contributed by atoms with van der Waals surface area (Å²) in [7, 11) is 0. The van der Waals surface area contributed by atoms with E-state index in [2.05, 4.69) is 230 Å². The van der Waals surface area contributed by atoms with Gasteiger partial charge in [0, 0.05) is 61.7 Å². The molecule has 1 aliphatic heterocycles. The van der Waals surface area contributed by atoms with Gasteiger partial charge in [-0.1, -0.05) is 211 Å². The Kier molecular flexibility index (Phi) is 12.2. The topological polar surface area (TPSA) is 45.6 Å². The van der Waals surface area contributed by atoms with Crippen LogP contribution in [0.3, 0.4) is 0 Å². The average molecular weight is 1080 g/mol. The molecule has 11 aromatic carbocycles. The standard InChI is InChI=1S/C76H67N3O2.C2H6/c1-10-11-12-17-38-77-66-41-47(78(45-28-31-52-50-20-13-15-26-62(50)75(6,7)64(52)39-45)46-29-32-53-51-21-14-16-27-63(51)76(8,9)65(53)40-46)30-33-57(66)69-58-25-19-24-54-55-34-36-59-71-60(37-35-56(70(55)71)61(68(54)58)42-67(69)77)74(81)79(73(59)80)72-48(43(2)3)22-18-23-49(72)44(4)5;1-2/h13-16,18-37,39-44H,10-12,17,38H2,1-9H3;1-2H3. The van der Waals surface area contributed by atoms with Crippen LogP contribution in [0.15, 0.2) is 170 Å². The summed E-state index contributed by atoms with van der Waals surface area (Å²) in [5.41, 5.74) is 20.0. The van der Waals surface area contributed by atoms with Crippen molar-refractivity contribution in [1.29, 1.82) is 0 Å². The van der Waals surface area contributed by atoms with Crippen LogP contribution in [0.2, 0.25) is 0 Å². The Labute approximate surface area is 488 Å². The SMILES string of the molecule is CC.CCCCCCn1c2cc(N(c3ccc4c(c3)C(C)(C)c3ccccc3-4)c3ccc4c(c3)C(C)(C)c3ccccc3-4)ccc2c2c3cccc4c5ccc6c7c(ccc(c(cc21)c43)c75)C(=O)N(c1c(C(C)C)cccc1C(C)C)C6=O. The van der Waals surface area contributed by atoms with Gasteiger partial charge in [-0.2, -0.15) is 0 Å². The predicted octanol–water partition coefficient (Wildman–Crippen LogP) is 21.6. The molecule has 5 nitrogen and oxygen atoms in total. The molecular formula is C78H73N3O2. The van der Waals surface area contributed by atoms with E-state index in [1.165, 1.54) is 88.4 Å². The van der Waals surface area contributed by atoms with Crippen molar-refractivity contribution in [3.05, 3.63) is 214 Å². The van der Waals surface area contributed by atoms with Crippen LogP contribution in [0.1, 0.15) is 168 Å². The first kappa shape index (κ1) is 52.5. The summed E-state index contributed by atoms with van der Waals surface area (Å²) >= 11 is 0. The van der Waals surface area contributed by atoms with Gasteiger partial charge in [0.15, 0.2) is 0 Å².